The van der Waals surface area contributed by atoms with Gasteiger partial charge in [-0.05, 0) is 43.0 Å². The molecule has 0 amide bonds. The largest absolute Gasteiger partial charge is 0.489 e. The SMILES string of the molecule is CCc1ccc(OC(CC)CNCC(C)C)cc1. The third-order valence-corrected chi connectivity index (χ3v) is 3.01. The predicted octanol–water partition coefficient (Wildman–Crippen LogP) is 3.65. The molecule has 1 aromatic rings. The highest BCUT2D eigenvalue weighted by atomic mass is 16.5. The molecule has 0 spiro atoms. The van der Waals surface area contributed by atoms with E-state index < -0.39 is 0 Å². The van der Waals surface area contributed by atoms with Gasteiger partial charge in [-0.3, -0.25) is 0 Å². The normalized spacial score (nSPS) is 12.7. The zero-order chi connectivity index (χ0) is 13.4. The van der Waals surface area contributed by atoms with Crippen molar-refractivity contribution in [1.82, 2.24) is 5.32 Å². The van der Waals surface area contributed by atoms with Gasteiger partial charge in [0.15, 0.2) is 0 Å². The topological polar surface area (TPSA) is 21.3 Å². The van der Waals surface area contributed by atoms with Crippen molar-refractivity contribution in [2.45, 2.75) is 46.6 Å². The molecule has 18 heavy (non-hydrogen) atoms. The number of ether oxygens (including phenoxy) is 1. The number of hydrogen-bond donors (Lipinski definition) is 1. The molecule has 0 heterocycles. The summed E-state index contributed by atoms with van der Waals surface area (Å²) in [5.41, 5.74) is 1.35. The summed E-state index contributed by atoms with van der Waals surface area (Å²) in [4.78, 5) is 0. The van der Waals surface area contributed by atoms with Crippen LogP contribution in [0.1, 0.15) is 39.7 Å². The minimum Gasteiger partial charge on any atom is -0.489 e. The highest BCUT2D eigenvalue weighted by molar-refractivity contribution is 5.27. The summed E-state index contributed by atoms with van der Waals surface area (Å²) in [6.45, 7) is 10.7. The predicted molar refractivity (Wildman–Crippen MR) is 78.2 cm³/mol. The van der Waals surface area contributed by atoms with E-state index in [0.29, 0.717) is 5.92 Å². The third-order valence-electron chi connectivity index (χ3n) is 3.01. The summed E-state index contributed by atoms with van der Waals surface area (Å²) in [7, 11) is 0. The Labute approximate surface area is 112 Å². The Bertz CT molecular complexity index is 318. The van der Waals surface area contributed by atoms with E-state index in [-0.39, 0.29) is 6.10 Å². The highest BCUT2D eigenvalue weighted by Crippen LogP contribution is 2.15. The molecule has 1 unspecified atom stereocenters. The lowest BCUT2D eigenvalue weighted by Gasteiger charge is -2.19. The van der Waals surface area contributed by atoms with E-state index in [1.54, 1.807) is 0 Å². The van der Waals surface area contributed by atoms with Gasteiger partial charge in [0.2, 0.25) is 0 Å². The summed E-state index contributed by atoms with van der Waals surface area (Å²) < 4.78 is 5.98. The van der Waals surface area contributed by atoms with Crippen molar-refractivity contribution in [1.29, 1.82) is 0 Å². The van der Waals surface area contributed by atoms with Crippen molar-refractivity contribution in [2.24, 2.45) is 5.92 Å². The van der Waals surface area contributed by atoms with Crippen LogP contribution >= 0.6 is 0 Å². The van der Waals surface area contributed by atoms with Gasteiger partial charge in [-0.1, -0.05) is 39.8 Å². The first-order valence-electron chi connectivity index (χ1n) is 7.12. The molecule has 0 fully saturated rings. The van der Waals surface area contributed by atoms with Crippen molar-refractivity contribution in [3.63, 3.8) is 0 Å². The van der Waals surface area contributed by atoms with Crippen LogP contribution in [0, 0.1) is 5.92 Å². The number of hydrogen-bond acceptors (Lipinski definition) is 2. The molecule has 0 aromatic heterocycles. The van der Waals surface area contributed by atoms with Gasteiger partial charge in [-0.15, -0.1) is 0 Å². The summed E-state index contributed by atoms with van der Waals surface area (Å²) in [5.74, 6) is 1.66. The molecule has 0 aliphatic heterocycles. The van der Waals surface area contributed by atoms with E-state index in [2.05, 4.69) is 57.3 Å². The zero-order valence-corrected chi connectivity index (χ0v) is 12.2. The van der Waals surface area contributed by atoms with Crippen molar-refractivity contribution in [2.75, 3.05) is 13.1 Å². The Morgan fingerprint density at radius 1 is 1.06 bits per heavy atom. The Morgan fingerprint density at radius 2 is 1.72 bits per heavy atom. The number of rotatable bonds is 8. The van der Waals surface area contributed by atoms with Gasteiger partial charge in [0.1, 0.15) is 11.9 Å². The Hall–Kier alpha value is -1.02. The molecule has 2 nitrogen and oxygen atoms in total. The molecule has 0 aliphatic carbocycles. The van der Waals surface area contributed by atoms with Crippen LogP contribution in [0.5, 0.6) is 5.75 Å². The van der Waals surface area contributed by atoms with E-state index in [0.717, 1.165) is 31.7 Å². The first-order chi connectivity index (χ1) is 8.65. The summed E-state index contributed by atoms with van der Waals surface area (Å²) in [5, 5.41) is 3.45. The molecular formula is C16H27NO. The third kappa shape index (κ3) is 5.54. The van der Waals surface area contributed by atoms with Crippen molar-refractivity contribution in [3.8, 4) is 5.75 Å². The van der Waals surface area contributed by atoms with Gasteiger partial charge in [0.25, 0.3) is 0 Å². The Kier molecular flexibility index (Phi) is 6.81. The molecule has 0 radical (unpaired) electrons. The summed E-state index contributed by atoms with van der Waals surface area (Å²) in [6.07, 6.45) is 2.37. The van der Waals surface area contributed by atoms with E-state index in [1.807, 2.05) is 0 Å². The van der Waals surface area contributed by atoms with E-state index >= 15 is 0 Å². The minimum atomic E-state index is 0.260. The highest BCUT2D eigenvalue weighted by Gasteiger charge is 2.08. The molecular weight excluding hydrogens is 222 g/mol. The lowest BCUT2D eigenvalue weighted by atomic mass is 10.1. The maximum Gasteiger partial charge on any atom is 0.119 e. The Morgan fingerprint density at radius 3 is 2.22 bits per heavy atom. The molecule has 1 rings (SSSR count). The first kappa shape index (κ1) is 15.0. The van der Waals surface area contributed by atoms with Crippen LogP contribution < -0.4 is 10.1 Å². The van der Waals surface area contributed by atoms with Gasteiger partial charge in [0.05, 0.1) is 0 Å². The lowest BCUT2D eigenvalue weighted by Crippen LogP contribution is -2.32. The molecule has 0 bridgehead atoms. The number of nitrogens with one attached hydrogen (secondary N) is 1. The molecule has 1 N–H and O–H groups in total. The van der Waals surface area contributed by atoms with Gasteiger partial charge >= 0.3 is 0 Å². The van der Waals surface area contributed by atoms with Crippen LogP contribution in [-0.2, 0) is 6.42 Å². The fraction of sp³-hybridized carbons (Fsp3) is 0.625. The van der Waals surface area contributed by atoms with E-state index in [9.17, 15) is 0 Å². The summed E-state index contributed by atoms with van der Waals surface area (Å²) >= 11 is 0. The monoisotopic (exact) mass is 249 g/mol. The van der Waals surface area contributed by atoms with Crippen LogP contribution in [0.4, 0.5) is 0 Å². The maximum atomic E-state index is 5.98. The van der Waals surface area contributed by atoms with Gasteiger partial charge in [0, 0.05) is 6.54 Å². The number of aryl methyl sites for hydroxylation is 1. The molecule has 1 atom stereocenters. The average Bonchev–Trinajstić information content (AvgIpc) is 2.38. The second-order valence-corrected chi connectivity index (χ2v) is 5.20. The molecule has 0 aliphatic rings. The van der Waals surface area contributed by atoms with Crippen LogP contribution in [0.2, 0.25) is 0 Å². The lowest BCUT2D eigenvalue weighted by molar-refractivity contribution is 0.192. The standard InChI is InChI=1S/C16H27NO/c1-5-14-7-9-16(10-8-14)18-15(6-2)12-17-11-13(3)4/h7-10,13,15,17H,5-6,11-12H2,1-4H3. The van der Waals surface area contributed by atoms with Gasteiger partial charge < -0.3 is 10.1 Å². The van der Waals surface area contributed by atoms with Crippen LogP contribution in [0.15, 0.2) is 24.3 Å². The van der Waals surface area contributed by atoms with Crippen molar-refractivity contribution in [3.05, 3.63) is 29.8 Å². The molecule has 0 saturated heterocycles. The Balaban J connectivity index is 2.41. The fourth-order valence-corrected chi connectivity index (χ4v) is 1.80. The summed E-state index contributed by atoms with van der Waals surface area (Å²) in [6, 6.07) is 8.43. The fourth-order valence-electron chi connectivity index (χ4n) is 1.80. The van der Waals surface area contributed by atoms with E-state index in [4.69, 9.17) is 4.74 Å². The van der Waals surface area contributed by atoms with Crippen molar-refractivity contribution < 1.29 is 4.74 Å². The minimum absolute atomic E-state index is 0.260. The first-order valence-corrected chi connectivity index (χ1v) is 7.12. The van der Waals surface area contributed by atoms with E-state index in [1.165, 1.54) is 5.56 Å². The van der Waals surface area contributed by atoms with Crippen molar-refractivity contribution >= 4 is 0 Å². The van der Waals surface area contributed by atoms with Crippen LogP contribution in [0.3, 0.4) is 0 Å². The van der Waals surface area contributed by atoms with Crippen LogP contribution in [-0.4, -0.2) is 19.2 Å². The zero-order valence-electron chi connectivity index (χ0n) is 12.2. The van der Waals surface area contributed by atoms with Gasteiger partial charge in [-0.25, -0.2) is 0 Å². The molecule has 0 saturated carbocycles. The second kappa shape index (κ2) is 8.15. The molecule has 2 heteroatoms. The quantitative estimate of drug-likeness (QED) is 0.759. The number of benzene rings is 1. The maximum absolute atomic E-state index is 5.98. The smallest absolute Gasteiger partial charge is 0.119 e. The molecule has 102 valence electrons. The average molecular weight is 249 g/mol. The van der Waals surface area contributed by atoms with Gasteiger partial charge in [-0.2, -0.15) is 0 Å². The second-order valence-electron chi connectivity index (χ2n) is 5.20. The van der Waals surface area contributed by atoms with Crippen LogP contribution in [0.25, 0.3) is 0 Å². The molecule has 1 aromatic carbocycles.